The Bertz CT molecular complexity index is 543. The van der Waals surface area contributed by atoms with Gasteiger partial charge in [-0.15, -0.1) is 0 Å². The lowest BCUT2D eigenvalue weighted by Crippen LogP contribution is -2.43. The molecule has 1 nitrogen and oxygen atoms in total. The summed E-state index contributed by atoms with van der Waals surface area (Å²) in [6.45, 7) is 1.77. The zero-order chi connectivity index (χ0) is 15.0. The molecule has 0 spiro atoms. The van der Waals surface area contributed by atoms with Crippen LogP contribution in [-0.2, 0) is 5.60 Å². The summed E-state index contributed by atoms with van der Waals surface area (Å²) in [7, 11) is 0. The third-order valence-corrected chi connectivity index (χ3v) is 3.67. The van der Waals surface area contributed by atoms with Gasteiger partial charge in [0.25, 0.3) is 0 Å². The molecule has 5 heteroatoms. The largest absolute Gasteiger partial charge is 0.425 e. The summed E-state index contributed by atoms with van der Waals surface area (Å²) in [5.74, 6) is 0. The van der Waals surface area contributed by atoms with Crippen LogP contribution in [0.1, 0.15) is 16.7 Å². The third-order valence-electron chi connectivity index (χ3n) is 3.14. The fraction of sp³-hybridized carbons (Fsp3) is 0.200. The molecule has 0 aliphatic rings. The van der Waals surface area contributed by atoms with Crippen molar-refractivity contribution in [1.29, 1.82) is 0 Å². The second kappa shape index (κ2) is 5.22. The summed E-state index contributed by atoms with van der Waals surface area (Å²) in [4.78, 5) is 0. The van der Waals surface area contributed by atoms with Gasteiger partial charge in [0.05, 0.1) is 0 Å². The molecule has 0 amide bonds. The van der Waals surface area contributed by atoms with E-state index in [1.54, 1.807) is 19.1 Å². The molecule has 2 aromatic carbocycles. The van der Waals surface area contributed by atoms with Crippen molar-refractivity contribution >= 4 is 15.9 Å². The van der Waals surface area contributed by atoms with Crippen molar-refractivity contribution in [2.24, 2.45) is 0 Å². The van der Waals surface area contributed by atoms with Gasteiger partial charge in [-0.05, 0) is 30.2 Å². The standard InChI is InChI=1S/C15H12BrF3O/c1-10-2-4-11(5-3-10)14(20,15(17,18)19)12-6-8-13(16)9-7-12/h2-9,20H,1H3/t14-/m1/s1. The van der Waals surface area contributed by atoms with E-state index in [-0.39, 0.29) is 11.1 Å². The Hall–Kier alpha value is -1.33. The quantitative estimate of drug-likeness (QED) is 0.846. The lowest BCUT2D eigenvalue weighted by Gasteiger charge is -2.31. The van der Waals surface area contributed by atoms with Gasteiger partial charge < -0.3 is 5.11 Å². The maximum absolute atomic E-state index is 13.4. The van der Waals surface area contributed by atoms with Crippen molar-refractivity contribution in [1.82, 2.24) is 0 Å². The predicted octanol–water partition coefficient (Wildman–Crippen LogP) is 4.56. The number of aryl methyl sites for hydroxylation is 1. The highest BCUT2D eigenvalue weighted by Gasteiger charge is 2.56. The molecular formula is C15H12BrF3O. The van der Waals surface area contributed by atoms with Crippen LogP contribution >= 0.6 is 15.9 Å². The first kappa shape index (κ1) is 15.1. The van der Waals surface area contributed by atoms with Gasteiger partial charge in [0.2, 0.25) is 5.60 Å². The number of halogens is 4. The molecular weight excluding hydrogens is 333 g/mol. The number of benzene rings is 2. The summed E-state index contributed by atoms with van der Waals surface area (Å²) in [5, 5.41) is 10.3. The first-order chi connectivity index (χ1) is 9.25. The maximum atomic E-state index is 13.4. The first-order valence-electron chi connectivity index (χ1n) is 5.87. The average molecular weight is 345 g/mol. The molecule has 0 bridgehead atoms. The second-order valence-corrected chi connectivity index (χ2v) is 5.50. The van der Waals surface area contributed by atoms with Crippen LogP contribution in [0, 0.1) is 6.92 Å². The minimum atomic E-state index is -4.81. The van der Waals surface area contributed by atoms with Crippen LogP contribution in [0.15, 0.2) is 53.0 Å². The van der Waals surface area contributed by atoms with Gasteiger partial charge in [-0.2, -0.15) is 13.2 Å². The molecule has 0 aromatic heterocycles. The third kappa shape index (κ3) is 2.60. The zero-order valence-corrected chi connectivity index (χ0v) is 12.2. The van der Waals surface area contributed by atoms with Crippen molar-refractivity contribution in [3.63, 3.8) is 0 Å². The maximum Gasteiger partial charge on any atom is 0.425 e. The molecule has 0 fully saturated rings. The normalized spacial score (nSPS) is 14.9. The van der Waals surface area contributed by atoms with E-state index in [0.717, 1.165) is 5.56 Å². The molecule has 0 saturated carbocycles. The molecule has 2 rings (SSSR count). The van der Waals surface area contributed by atoms with E-state index in [4.69, 9.17) is 0 Å². The highest BCUT2D eigenvalue weighted by Crippen LogP contribution is 2.44. The van der Waals surface area contributed by atoms with Gasteiger partial charge in [0.1, 0.15) is 0 Å². The molecule has 2 aromatic rings. The lowest BCUT2D eigenvalue weighted by atomic mass is 9.85. The fourth-order valence-corrected chi connectivity index (χ4v) is 2.24. The minimum Gasteiger partial charge on any atom is -0.372 e. The summed E-state index contributed by atoms with van der Waals surface area (Å²) >= 11 is 3.17. The summed E-state index contributed by atoms with van der Waals surface area (Å²) in [6, 6.07) is 11.2. The molecule has 0 aliphatic carbocycles. The number of alkyl halides is 3. The van der Waals surface area contributed by atoms with Gasteiger partial charge in [-0.25, -0.2) is 0 Å². The summed E-state index contributed by atoms with van der Waals surface area (Å²) < 4.78 is 40.9. The number of rotatable bonds is 2. The van der Waals surface area contributed by atoms with Crippen molar-refractivity contribution in [3.05, 3.63) is 69.7 Å². The van der Waals surface area contributed by atoms with Crippen LogP contribution in [-0.4, -0.2) is 11.3 Å². The average Bonchev–Trinajstić information content (AvgIpc) is 2.38. The smallest absolute Gasteiger partial charge is 0.372 e. The SMILES string of the molecule is Cc1ccc([C@@](O)(c2ccc(Br)cc2)C(F)(F)F)cc1. The molecule has 106 valence electrons. The van der Waals surface area contributed by atoms with E-state index >= 15 is 0 Å². The van der Waals surface area contributed by atoms with E-state index in [1.165, 1.54) is 36.4 Å². The van der Waals surface area contributed by atoms with E-state index in [9.17, 15) is 18.3 Å². The van der Waals surface area contributed by atoms with Crippen LogP contribution < -0.4 is 0 Å². The number of hydrogen-bond donors (Lipinski definition) is 1. The van der Waals surface area contributed by atoms with E-state index in [0.29, 0.717) is 4.47 Å². The Morgan fingerprint density at radius 1 is 0.850 bits per heavy atom. The molecule has 1 atom stereocenters. The van der Waals surface area contributed by atoms with Gasteiger partial charge in [-0.1, -0.05) is 57.9 Å². The highest BCUT2D eigenvalue weighted by molar-refractivity contribution is 9.10. The lowest BCUT2D eigenvalue weighted by molar-refractivity contribution is -0.248. The van der Waals surface area contributed by atoms with Crippen LogP contribution in [0.25, 0.3) is 0 Å². The van der Waals surface area contributed by atoms with E-state index in [2.05, 4.69) is 15.9 Å². The Morgan fingerprint density at radius 2 is 1.25 bits per heavy atom. The van der Waals surface area contributed by atoms with Gasteiger partial charge in [0.15, 0.2) is 0 Å². The Kier molecular flexibility index (Phi) is 3.93. The van der Waals surface area contributed by atoms with Gasteiger partial charge in [0, 0.05) is 4.47 Å². The van der Waals surface area contributed by atoms with Crippen molar-refractivity contribution < 1.29 is 18.3 Å². The molecule has 0 saturated heterocycles. The molecule has 0 aliphatic heterocycles. The van der Waals surface area contributed by atoms with Crippen LogP contribution in [0.4, 0.5) is 13.2 Å². The molecule has 0 heterocycles. The van der Waals surface area contributed by atoms with Crippen LogP contribution in [0.3, 0.4) is 0 Å². The molecule has 20 heavy (non-hydrogen) atoms. The summed E-state index contributed by atoms with van der Waals surface area (Å²) in [5.41, 5.74) is -2.59. The predicted molar refractivity (Wildman–Crippen MR) is 74.4 cm³/mol. The van der Waals surface area contributed by atoms with E-state index < -0.39 is 11.8 Å². The van der Waals surface area contributed by atoms with Crippen LogP contribution in [0.5, 0.6) is 0 Å². The second-order valence-electron chi connectivity index (χ2n) is 4.58. The Balaban J connectivity index is 2.62. The highest BCUT2D eigenvalue weighted by atomic mass is 79.9. The Morgan fingerprint density at radius 3 is 1.65 bits per heavy atom. The monoisotopic (exact) mass is 344 g/mol. The van der Waals surface area contributed by atoms with Crippen LogP contribution in [0.2, 0.25) is 0 Å². The molecule has 0 unspecified atom stereocenters. The zero-order valence-electron chi connectivity index (χ0n) is 10.6. The molecule has 0 radical (unpaired) electrons. The Labute approximate surface area is 123 Å². The van der Waals surface area contributed by atoms with E-state index in [1.807, 2.05) is 0 Å². The number of aliphatic hydroxyl groups is 1. The number of hydrogen-bond acceptors (Lipinski definition) is 1. The van der Waals surface area contributed by atoms with Crippen molar-refractivity contribution in [2.45, 2.75) is 18.7 Å². The topological polar surface area (TPSA) is 20.2 Å². The van der Waals surface area contributed by atoms with Crippen molar-refractivity contribution in [3.8, 4) is 0 Å². The minimum absolute atomic E-state index is 0.196. The fourth-order valence-electron chi connectivity index (χ4n) is 1.98. The van der Waals surface area contributed by atoms with Gasteiger partial charge >= 0.3 is 6.18 Å². The summed E-state index contributed by atoms with van der Waals surface area (Å²) in [6.07, 6.45) is -4.81. The first-order valence-corrected chi connectivity index (χ1v) is 6.67. The van der Waals surface area contributed by atoms with Gasteiger partial charge in [-0.3, -0.25) is 0 Å². The molecule has 1 N–H and O–H groups in total. The van der Waals surface area contributed by atoms with Crippen molar-refractivity contribution in [2.75, 3.05) is 0 Å².